The van der Waals surface area contributed by atoms with E-state index in [1.807, 2.05) is 6.92 Å². The van der Waals surface area contributed by atoms with Crippen LogP contribution in [-0.2, 0) is 16.0 Å². The van der Waals surface area contributed by atoms with Crippen LogP contribution in [0.25, 0.3) is 0 Å². The van der Waals surface area contributed by atoms with Crippen molar-refractivity contribution in [3.8, 4) is 0 Å². The number of nitrogens with zero attached hydrogens (tertiary/aromatic N) is 2. The summed E-state index contributed by atoms with van der Waals surface area (Å²) in [5, 5.41) is 4.51. The third kappa shape index (κ3) is 3.35. The van der Waals surface area contributed by atoms with Crippen molar-refractivity contribution in [1.29, 1.82) is 0 Å². The Labute approximate surface area is 117 Å². The first-order valence-electron chi connectivity index (χ1n) is 6.55. The number of ketones is 1. The lowest BCUT2D eigenvalue weighted by atomic mass is 10.1. The highest BCUT2D eigenvalue weighted by Crippen LogP contribution is 2.36. The van der Waals surface area contributed by atoms with Crippen LogP contribution in [0.3, 0.4) is 0 Å². The molecule has 0 aliphatic heterocycles. The van der Waals surface area contributed by atoms with Gasteiger partial charge in [-0.2, -0.15) is 5.10 Å². The zero-order chi connectivity index (χ0) is 13.8. The van der Waals surface area contributed by atoms with Gasteiger partial charge >= 0.3 is 0 Å². The van der Waals surface area contributed by atoms with Crippen molar-refractivity contribution in [2.75, 3.05) is 20.3 Å². The lowest BCUT2D eigenvalue weighted by Crippen LogP contribution is -2.29. The van der Waals surface area contributed by atoms with Gasteiger partial charge in [0, 0.05) is 13.7 Å². The molecule has 1 aromatic rings. The Morgan fingerprint density at radius 1 is 1.63 bits per heavy atom. The van der Waals surface area contributed by atoms with E-state index in [0.717, 1.165) is 12.8 Å². The predicted molar refractivity (Wildman–Crippen MR) is 71.6 cm³/mol. The van der Waals surface area contributed by atoms with Crippen LogP contribution >= 0.6 is 11.6 Å². The zero-order valence-electron chi connectivity index (χ0n) is 11.3. The third-order valence-corrected chi connectivity index (χ3v) is 3.47. The summed E-state index contributed by atoms with van der Waals surface area (Å²) in [7, 11) is 1.61. The molecule has 106 valence electrons. The van der Waals surface area contributed by atoms with Crippen LogP contribution in [0.15, 0.2) is 6.20 Å². The van der Waals surface area contributed by atoms with Gasteiger partial charge in [-0.05, 0) is 25.7 Å². The molecule has 0 aromatic carbocycles. The number of ether oxygens (including phenoxy) is 2. The summed E-state index contributed by atoms with van der Waals surface area (Å²) in [5.74, 6) is 0.261. The molecule has 1 unspecified atom stereocenters. The van der Waals surface area contributed by atoms with Crippen LogP contribution in [0.4, 0.5) is 0 Å². The lowest BCUT2D eigenvalue weighted by molar-refractivity contribution is 0.0364. The number of rotatable bonds is 8. The first-order chi connectivity index (χ1) is 9.19. The minimum Gasteiger partial charge on any atom is -0.383 e. The molecule has 1 atom stereocenters. The van der Waals surface area contributed by atoms with Gasteiger partial charge in [-0.1, -0.05) is 11.6 Å². The molecular weight excluding hydrogens is 268 g/mol. The molecule has 6 heteroatoms. The largest absolute Gasteiger partial charge is 0.383 e. The average molecular weight is 287 g/mol. The summed E-state index contributed by atoms with van der Waals surface area (Å²) in [6.07, 6.45) is 3.20. The van der Waals surface area contributed by atoms with Crippen LogP contribution in [-0.4, -0.2) is 42.0 Å². The van der Waals surface area contributed by atoms with Gasteiger partial charge in [0.1, 0.15) is 11.8 Å². The van der Waals surface area contributed by atoms with Crippen molar-refractivity contribution < 1.29 is 14.3 Å². The minimum absolute atomic E-state index is 0.0667. The maximum absolute atomic E-state index is 12.6. The predicted octanol–water partition coefficient (Wildman–Crippen LogP) is 2.18. The number of carbonyl (C=O) groups is 1. The molecule has 0 amide bonds. The Morgan fingerprint density at radius 3 is 2.95 bits per heavy atom. The fourth-order valence-electron chi connectivity index (χ4n) is 2.09. The SMILES string of the molecule is CCOC(C(=O)c1c(Cl)cnn1CCOC)C1CC1. The van der Waals surface area contributed by atoms with Crippen molar-refractivity contribution in [3.63, 3.8) is 0 Å². The van der Waals surface area contributed by atoms with E-state index >= 15 is 0 Å². The van der Waals surface area contributed by atoms with E-state index in [2.05, 4.69) is 5.10 Å². The molecule has 1 aromatic heterocycles. The van der Waals surface area contributed by atoms with Crippen LogP contribution in [0.2, 0.25) is 5.02 Å². The summed E-state index contributed by atoms with van der Waals surface area (Å²) in [6, 6.07) is 0. The van der Waals surface area contributed by atoms with E-state index in [9.17, 15) is 4.79 Å². The molecular formula is C13H19ClN2O3. The Morgan fingerprint density at radius 2 is 2.37 bits per heavy atom. The second-order valence-corrected chi connectivity index (χ2v) is 5.04. The Balaban J connectivity index is 2.18. The van der Waals surface area contributed by atoms with Gasteiger partial charge in [0.15, 0.2) is 0 Å². The van der Waals surface area contributed by atoms with Gasteiger partial charge in [-0.25, -0.2) is 0 Å². The Bertz CT molecular complexity index is 443. The Kier molecular flexibility index (Phi) is 4.96. The maximum atomic E-state index is 12.6. The molecule has 5 nitrogen and oxygen atoms in total. The van der Waals surface area contributed by atoms with Gasteiger partial charge < -0.3 is 9.47 Å². The van der Waals surface area contributed by atoms with E-state index in [-0.39, 0.29) is 11.9 Å². The number of halogens is 1. The third-order valence-electron chi connectivity index (χ3n) is 3.19. The van der Waals surface area contributed by atoms with Crippen molar-refractivity contribution in [2.24, 2.45) is 5.92 Å². The van der Waals surface area contributed by atoms with Crippen molar-refractivity contribution in [3.05, 3.63) is 16.9 Å². The summed E-state index contributed by atoms with van der Waals surface area (Å²) >= 11 is 6.09. The smallest absolute Gasteiger partial charge is 0.211 e. The number of carbonyl (C=O) groups excluding carboxylic acids is 1. The average Bonchev–Trinajstić information content (AvgIpc) is 3.17. The molecule has 2 rings (SSSR count). The van der Waals surface area contributed by atoms with Crippen LogP contribution in [0, 0.1) is 5.92 Å². The van der Waals surface area contributed by atoms with Gasteiger partial charge in [0.25, 0.3) is 0 Å². The molecule has 19 heavy (non-hydrogen) atoms. The molecule has 1 heterocycles. The fourth-order valence-corrected chi connectivity index (χ4v) is 2.33. The second kappa shape index (κ2) is 6.50. The van der Waals surface area contributed by atoms with E-state index in [4.69, 9.17) is 21.1 Å². The quantitative estimate of drug-likeness (QED) is 0.687. The number of hydrogen-bond donors (Lipinski definition) is 0. The van der Waals surface area contributed by atoms with Crippen molar-refractivity contribution in [2.45, 2.75) is 32.4 Å². The summed E-state index contributed by atoms with van der Waals surface area (Å²) < 4.78 is 12.2. The highest BCUT2D eigenvalue weighted by molar-refractivity contribution is 6.33. The van der Waals surface area contributed by atoms with Crippen LogP contribution in [0.5, 0.6) is 0 Å². The summed E-state index contributed by atoms with van der Waals surface area (Å²) in [4.78, 5) is 12.6. The topological polar surface area (TPSA) is 53.3 Å². The molecule has 0 saturated heterocycles. The number of Topliss-reactive ketones (excluding diaryl/α,β-unsaturated/α-hetero) is 1. The van der Waals surface area contributed by atoms with Gasteiger partial charge in [0.05, 0.1) is 24.4 Å². The van der Waals surface area contributed by atoms with Crippen molar-refractivity contribution >= 4 is 17.4 Å². The van der Waals surface area contributed by atoms with Gasteiger partial charge in [0.2, 0.25) is 5.78 Å². The molecule has 1 saturated carbocycles. The molecule has 0 spiro atoms. The molecule has 0 bridgehead atoms. The number of hydrogen-bond acceptors (Lipinski definition) is 4. The number of aromatic nitrogens is 2. The first-order valence-corrected chi connectivity index (χ1v) is 6.92. The zero-order valence-corrected chi connectivity index (χ0v) is 12.0. The first kappa shape index (κ1) is 14.5. The standard InChI is InChI=1S/C13H19ClN2O3/c1-3-19-13(9-4-5-9)12(17)11-10(14)8-15-16(11)6-7-18-2/h8-9,13H,3-7H2,1-2H3. The van der Waals surface area contributed by atoms with Gasteiger partial charge in [-0.3, -0.25) is 9.48 Å². The highest BCUT2D eigenvalue weighted by Gasteiger charge is 2.39. The van der Waals surface area contributed by atoms with E-state index < -0.39 is 0 Å². The molecule has 0 radical (unpaired) electrons. The van der Waals surface area contributed by atoms with Crippen molar-refractivity contribution in [1.82, 2.24) is 9.78 Å². The molecule has 1 aliphatic rings. The minimum atomic E-state index is -0.388. The second-order valence-electron chi connectivity index (χ2n) is 4.63. The monoisotopic (exact) mass is 286 g/mol. The normalized spacial score (nSPS) is 16.6. The van der Waals surface area contributed by atoms with Gasteiger partial charge in [-0.15, -0.1) is 0 Å². The summed E-state index contributed by atoms with van der Waals surface area (Å²) in [5.41, 5.74) is 0.434. The summed E-state index contributed by atoms with van der Waals surface area (Å²) in [6.45, 7) is 3.41. The molecule has 1 aliphatic carbocycles. The van der Waals surface area contributed by atoms with E-state index in [0.29, 0.717) is 36.4 Å². The molecule has 0 N–H and O–H groups in total. The maximum Gasteiger partial charge on any atom is 0.211 e. The van der Waals surface area contributed by atoms with E-state index in [1.54, 1.807) is 11.8 Å². The van der Waals surface area contributed by atoms with Crippen LogP contribution < -0.4 is 0 Å². The molecule has 1 fully saturated rings. The number of methoxy groups -OCH3 is 1. The van der Waals surface area contributed by atoms with E-state index in [1.165, 1.54) is 6.20 Å². The Hall–Kier alpha value is -0.910. The van der Waals surface area contributed by atoms with Crippen LogP contribution in [0.1, 0.15) is 30.3 Å². The highest BCUT2D eigenvalue weighted by atomic mass is 35.5. The fraction of sp³-hybridized carbons (Fsp3) is 0.692. The lowest BCUT2D eigenvalue weighted by Gasteiger charge is -2.16.